The van der Waals surface area contributed by atoms with Gasteiger partial charge in [-0.1, -0.05) is 29.0 Å². The number of carbonyl (C=O) groups is 1. The number of alkyl halides is 1. The van der Waals surface area contributed by atoms with E-state index in [1.165, 1.54) is 18.2 Å². The van der Waals surface area contributed by atoms with E-state index >= 15 is 0 Å². The standard InChI is InChI=1S/C12H16INO3/c13-4-2-1-3-5-14-12(17)9-6-10(15)8-11(16)7-9/h6-8,15-16H,1-5H2,(H,14,17). The zero-order chi connectivity index (χ0) is 12.7. The van der Waals surface area contributed by atoms with E-state index < -0.39 is 0 Å². The molecule has 0 atom stereocenters. The first-order chi connectivity index (χ1) is 8.13. The maximum Gasteiger partial charge on any atom is 0.251 e. The first-order valence-corrected chi connectivity index (χ1v) is 7.03. The minimum atomic E-state index is -0.273. The topological polar surface area (TPSA) is 69.6 Å². The summed E-state index contributed by atoms with van der Waals surface area (Å²) in [7, 11) is 0. The predicted octanol–water partition coefficient (Wildman–Crippen LogP) is 2.43. The Bertz CT molecular complexity index is 362. The van der Waals surface area contributed by atoms with Crippen molar-refractivity contribution in [3.05, 3.63) is 23.8 Å². The van der Waals surface area contributed by atoms with Gasteiger partial charge in [-0.2, -0.15) is 0 Å². The quantitative estimate of drug-likeness (QED) is 0.420. The van der Waals surface area contributed by atoms with E-state index in [1.54, 1.807) is 0 Å². The van der Waals surface area contributed by atoms with E-state index in [0.717, 1.165) is 23.7 Å². The summed E-state index contributed by atoms with van der Waals surface area (Å²) >= 11 is 2.33. The largest absolute Gasteiger partial charge is 0.508 e. The van der Waals surface area contributed by atoms with Crippen LogP contribution in [-0.2, 0) is 0 Å². The lowest BCUT2D eigenvalue weighted by atomic mass is 10.2. The number of hydrogen-bond donors (Lipinski definition) is 3. The number of rotatable bonds is 6. The molecule has 0 spiro atoms. The fraction of sp³-hybridized carbons (Fsp3) is 0.417. The van der Waals surface area contributed by atoms with Gasteiger partial charge in [-0.05, 0) is 29.4 Å². The average Bonchev–Trinajstić information content (AvgIpc) is 2.27. The summed E-state index contributed by atoms with van der Waals surface area (Å²) in [6, 6.07) is 3.86. The number of phenolic OH excluding ortho intramolecular Hbond substituents is 2. The molecule has 94 valence electrons. The molecule has 1 aromatic rings. The molecular weight excluding hydrogens is 333 g/mol. The van der Waals surface area contributed by atoms with Crippen molar-refractivity contribution in [1.29, 1.82) is 0 Å². The van der Waals surface area contributed by atoms with Crippen LogP contribution in [0, 0.1) is 0 Å². The summed E-state index contributed by atoms with van der Waals surface area (Å²) < 4.78 is 1.13. The van der Waals surface area contributed by atoms with Gasteiger partial charge in [0.05, 0.1) is 0 Å². The molecule has 1 amide bonds. The van der Waals surface area contributed by atoms with Gasteiger partial charge in [0, 0.05) is 18.2 Å². The minimum Gasteiger partial charge on any atom is -0.508 e. The third-order valence-corrected chi connectivity index (χ3v) is 3.02. The van der Waals surface area contributed by atoms with Crippen LogP contribution in [0.4, 0.5) is 0 Å². The average molecular weight is 349 g/mol. The van der Waals surface area contributed by atoms with Gasteiger partial charge in [0.1, 0.15) is 11.5 Å². The van der Waals surface area contributed by atoms with Crippen LogP contribution in [0.5, 0.6) is 11.5 Å². The molecular formula is C12H16INO3. The van der Waals surface area contributed by atoms with Gasteiger partial charge in [0.15, 0.2) is 0 Å². The van der Waals surface area contributed by atoms with E-state index in [2.05, 4.69) is 27.9 Å². The molecule has 3 N–H and O–H groups in total. The monoisotopic (exact) mass is 349 g/mol. The van der Waals surface area contributed by atoms with E-state index in [9.17, 15) is 15.0 Å². The van der Waals surface area contributed by atoms with Gasteiger partial charge in [-0.15, -0.1) is 0 Å². The van der Waals surface area contributed by atoms with Crippen molar-refractivity contribution in [3.8, 4) is 11.5 Å². The minimum absolute atomic E-state index is 0.111. The number of hydrogen-bond acceptors (Lipinski definition) is 3. The number of nitrogens with one attached hydrogen (secondary N) is 1. The molecule has 0 heterocycles. The van der Waals surface area contributed by atoms with Crippen LogP contribution in [0.2, 0.25) is 0 Å². The van der Waals surface area contributed by atoms with E-state index in [4.69, 9.17) is 0 Å². The van der Waals surface area contributed by atoms with Crippen molar-refractivity contribution < 1.29 is 15.0 Å². The lowest BCUT2D eigenvalue weighted by Crippen LogP contribution is -2.24. The molecule has 0 unspecified atom stereocenters. The molecule has 0 saturated heterocycles. The highest BCUT2D eigenvalue weighted by molar-refractivity contribution is 14.1. The van der Waals surface area contributed by atoms with E-state index in [0.29, 0.717) is 6.54 Å². The Kier molecular flexibility index (Phi) is 6.10. The van der Waals surface area contributed by atoms with Crippen LogP contribution < -0.4 is 5.32 Å². The Hall–Kier alpha value is -0.980. The van der Waals surface area contributed by atoms with Gasteiger partial charge in [-0.25, -0.2) is 0 Å². The molecule has 0 radical (unpaired) electrons. The van der Waals surface area contributed by atoms with Crippen molar-refractivity contribution >= 4 is 28.5 Å². The summed E-state index contributed by atoms with van der Waals surface area (Å²) in [6.45, 7) is 0.617. The van der Waals surface area contributed by atoms with Crippen LogP contribution in [0.1, 0.15) is 29.6 Å². The molecule has 0 bridgehead atoms. The number of phenols is 2. The first-order valence-electron chi connectivity index (χ1n) is 5.50. The van der Waals surface area contributed by atoms with Crippen LogP contribution >= 0.6 is 22.6 Å². The normalized spacial score (nSPS) is 10.2. The molecule has 17 heavy (non-hydrogen) atoms. The SMILES string of the molecule is O=C(NCCCCCI)c1cc(O)cc(O)c1. The summed E-state index contributed by atoms with van der Waals surface area (Å²) in [6.07, 6.45) is 3.19. The van der Waals surface area contributed by atoms with E-state index in [-0.39, 0.29) is 23.0 Å². The summed E-state index contributed by atoms with van der Waals surface area (Å²) in [5.41, 5.74) is 0.274. The molecule has 0 saturated carbocycles. The van der Waals surface area contributed by atoms with Crippen molar-refractivity contribution in [1.82, 2.24) is 5.32 Å². The zero-order valence-electron chi connectivity index (χ0n) is 9.45. The number of amides is 1. The summed E-state index contributed by atoms with van der Waals surface area (Å²) in [5, 5.41) is 21.2. The van der Waals surface area contributed by atoms with Crippen LogP contribution in [0.15, 0.2) is 18.2 Å². The third-order valence-electron chi connectivity index (χ3n) is 2.26. The molecule has 0 aliphatic rings. The smallest absolute Gasteiger partial charge is 0.251 e. The molecule has 0 fully saturated rings. The fourth-order valence-corrected chi connectivity index (χ4v) is 1.97. The highest BCUT2D eigenvalue weighted by Crippen LogP contribution is 2.20. The Morgan fingerprint density at radius 2 is 1.76 bits per heavy atom. The van der Waals surface area contributed by atoms with Gasteiger partial charge < -0.3 is 15.5 Å². The molecule has 1 aromatic carbocycles. The molecule has 1 rings (SSSR count). The number of aromatic hydroxyl groups is 2. The molecule has 0 aromatic heterocycles. The second-order valence-electron chi connectivity index (χ2n) is 3.74. The van der Waals surface area contributed by atoms with Crippen LogP contribution in [0.25, 0.3) is 0 Å². The van der Waals surface area contributed by atoms with Gasteiger partial charge >= 0.3 is 0 Å². The fourth-order valence-electron chi connectivity index (χ4n) is 1.43. The van der Waals surface area contributed by atoms with Crippen molar-refractivity contribution in [2.24, 2.45) is 0 Å². The van der Waals surface area contributed by atoms with Crippen LogP contribution in [0.3, 0.4) is 0 Å². The van der Waals surface area contributed by atoms with Crippen molar-refractivity contribution in [3.63, 3.8) is 0 Å². The van der Waals surface area contributed by atoms with Crippen molar-refractivity contribution in [2.75, 3.05) is 11.0 Å². The Morgan fingerprint density at radius 3 is 2.35 bits per heavy atom. The molecule has 0 aliphatic carbocycles. The van der Waals surface area contributed by atoms with E-state index in [1.807, 2.05) is 0 Å². The lowest BCUT2D eigenvalue weighted by Gasteiger charge is -2.05. The van der Waals surface area contributed by atoms with Crippen LogP contribution in [-0.4, -0.2) is 27.1 Å². The van der Waals surface area contributed by atoms with Gasteiger partial charge in [-0.3, -0.25) is 4.79 Å². The number of carbonyl (C=O) groups excluding carboxylic acids is 1. The maximum atomic E-state index is 11.6. The molecule has 0 aliphatic heterocycles. The lowest BCUT2D eigenvalue weighted by molar-refractivity contribution is 0.0952. The summed E-state index contributed by atoms with van der Waals surface area (Å²) in [5.74, 6) is -0.495. The summed E-state index contributed by atoms with van der Waals surface area (Å²) in [4.78, 5) is 11.6. The highest BCUT2D eigenvalue weighted by atomic mass is 127. The highest BCUT2D eigenvalue weighted by Gasteiger charge is 2.07. The second kappa shape index (κ2) is 7.37. The van der Waals surface area contributed by atoms with Crippen molar-refractivity contribution in [2.45, 2.75) is 19.3 Å². The van der Waals surface area contributed by atoms with Gasteiger partial charge in [0.2, 0.25) is 0 Å². The zero-order valence-corrected chi connectivity index (χ0v) is 11.6. The third kappa shape index (κ3) is 5.25. The Balaban J connectivity index is 2.41. The molecule has 5 heteroatoms. The Labute approximate surface area is 114 Å². The predicted molar refractivity (Wildman–Crippen MR) is 74.8 cm³/mol. The Morgan fingerprint density at radius 1 is 1.12 bits per heavy atom. The first kappa shape index (κ1) is 14.1. The molecule has 4 nitrogen and oxygen atoms in total. The number of benzene rings is 1. The second-order valence-corrected chi connectivity index (χ2v) is 4.82. The number of halogens is 1. The van der Waals surface area contributed by atoms with Gasteiger partial charge in [0.25, 0.3) is 5.91 Å². The maximum absolute atomic E-state index is 11.6. The number of unbranched alkanes of at least 4 members (excludes halogenated alkanes) is 2.